The van der Waals surface area contributed by atoms with E-state index in [0.29, 0.717) is 19.8 Å². The third-order valence-corrected chi connectivity index (χ3v) is 2.68. The minimum Gasteiger partial charge on any atom is -0.381 e. The van der Waals surface area contributed by atoms with Gasteiger partial charge >= 0.3 is 6.03 Å². The van der Waals surface area contributed by atoms with Gasteiger partial charge in [0.05, 0.1) is 19.8 Å². The van der Waals surface area contributed by atoms with E-state index in [1.165, 1.54) is 5.57 Å². The fourth-order valence-corrected chi connectivity index (χ4v) is 1.71. The Morgan fingerprint density at radius 3 is 2.53 bits per heavy atom. The summed E-state index contributed by atoms with van der Waals surface area (Å²) in [6.45, 7) is 6.68. The molecule has 2 amide bonds. The highest BCUT2D eigenvalue weighted by Gasteiger charge is 2.10. The van der Waals surface area contributed by atoms with Gasteiger partial charge < -0.3 is 24.8 Å². The number of amides is 2. The normalized spacial score (nSPS) is 15.4. The highest BCUT2D eigenvalue weighted by Crippen LogP contribution is 2.11. The highest BCUT2D eigenvalue weighted by atomic mass is 16.7. The van der Waals surface area contributed by atoms with Gasteiger partial charge in [-0.1, -0.05) is 0 Å². The van der Waals surface area contributed by atoms with Crippen molar-refractivity contribution in [1.82, 2.24) is 10.6 Å². The van der Waals surface area contributed by atoms with Crippen LogP contribution in [0, 0.1) is 0 Å². The Labute approximate surface area is 114 Å². The lowest BCUT2D eigenvalue weighted by Gasteiger charge is -2.18. The molecule has 2 N–H and O–H groups in total. The Morgan fingerprint density at radius 1 is 1.32 bits per heavy atom. The Hall–Kier alpha value is -1.11. The molecule has 0 radical (unpaired) electrons. The van der Waals surface area contributed by atoms with Crippen LogP contribution in [0.2, 0.25) is 0 Å². The average Bonchev–Trinajstić information content (AvgIpc) is 2.44. The molecule has 0 aliphatic carbocycles. The van der Waals surface area contributed by atoms with Crippen LogP contribution in [-0.4, -0.2) is 45.3 Å². The predicted molar refractivity (Wildman–Crippen MR) is 71.7 cm³/mol. The van der Waals surface area contributed by atoms with Crippen molar-refractivity contribution in [3.63, 3.8) is 0 Å². The summed E-state index contributed by atoms with van der Waals surface area (Å²) in [4.78, 5) is 11.6. The van der Waals surface area contributed by atoms with Crippen LogP contribution in [0.15, 0.2) is 11.8 Å². The first kappa shape index (κ1) is 15.9. The first-order chi connectivity index (χ1) is 9.26. The van der Waals surface area contributed by atoms with Crippen molar-refractivity contribution in [2.45, 2.75) is 33.0 Å². The minimum absolute atomic E-state index is 0.247. The summed E-state index contributed by atoms with van der Waals surface area (Å²) in [6, 6.07) is -0.247. The van der Waals surface area contributed by atoms with Gasteiger partial charge in [0, 0.05) is 19.4 Å². The summed E-state index contributed by atoms with van der Waals surface area (Å²) in [5.41, 5.74) is 1.20. The van der Waals surface area contributed by atoms with E-state index in [1.807, 2.05) is 13.8 Å². The standard InChI is InChI=1S/C13H24N2O4/c1-3-18-12(19-4-2)10-15-13(16)14-9-11-5-7-17-8-6-11/h9,12H,3-8,10H2,1-2H3,(H2,14,15,16). The van der Waals surface area contributed by atoms with Crippen LogP contribution >= 0.6 is 0 Å². The monoisotopic (exact) mass is 272 g/mol. The lowest BCUT2D eigenvalue weighted by Crippen LogP contribution is -2.39. The third-order valence-electron chi connectivity index (χ3n) is 2.68. The zero-order valence-electron chi connectivity index (χ0n) is 11.7. The summed E-state index contributed by atoms with van der Waals surface area (Å²) in [6.07, 6.45) is 3.12. The summed E-state index contributed by atoms with van der Waals surface area (Å²) in [5, 5.41) is 5.43. The van der Waals surface area contributed by atoms with Gasteiger partial charge in [-0.2, -0.15) is 0 Å². The molecule has 0 unspecified atom stereocenters. The first-order valence-electron chi connectivity index (χ1n) is 6.79. The molecular weight excluding hydrogens is 248 g/mol. The van der Waals surface area contributed by atoms with E-state index in [2.05, 4.69) is 10.6 Å². The molecule has 6 heteroatoms. The summed E-state index contributed by atoms with van der Waals surface area (Å²) in [7, 11) is 0. The average molecular weight is 272 g/mol. The molecule has 0 aromatic rings. The highest BCUT2D eigenvalue weighted by molar-refractivity contribution is 5.74. The van der Waals surface area contributed by atoms with Crippen molar-refractivity contribution < 1.29 is 19.0 Å². The van der Waals surface area contributed by atoms with E-state index in [1.54, 1.807) is 6.20 Å². The maximum Gasteiger partial charge on any atom is 0.318 e. The molecule has 1 heterocycles. The third kappa shape index (κ3) is 7.15. The molecular formula is C13H24N2O4. The fraction of sp³-hybridized carbons (Fsp3) is 0.769. The van der Waals surface area contributed by atoms with Gasteiger partial charge in [0.25, 0.3) is 0 Å². The molecule has 1 rings (SSSR count). The van der Waals surface area contributed by atoms with E-state index in [9.17, 15) is 4.79 Å². The van der Waals surface area contributed by atoms with E-state index >= 15 is 0 Å². The molecule has 6 nitrogen and oxygen atoms in total. The summed E-state index contributed by atoms with van der Waals surface area (Å²) >= 11 is 0. The quantitative estimate of drug-likeness (QED) is 0.687. The Bertz CT molecular complexity index is 280. The van der Waals surface area contributed by atoms with Crippen molar-refractivity contribution in [2.24, 2.45) is 0 Å². The van der Waals surface area contributed by atoms with Crippen LogP contribution in [0.5, 0.6) is 0 Å². The predicted octanol–water partition coefficient (Wildman–Crippen LogP) is 1.38. The maximum absolute atomic E-state index is 11.6. The largest absolute Gasteiger partial charge is 0.381 e. The first-order valence-corrected chi connectivity index (χ1v) is 6.79. The molecule has 0 atom stereocenters. The van der Waals surface area contributed by atoms with Crippen molar-refractivity contribution in [2.75, 3.05) is 33.0 Å². The van der Waals surface area contributed by atoms with E-state index < -0.39 is 6.29 Å². The van der Waals surface area contributed by atoms with Gasteiger partial charge in [-0.3, -0.25) is 0 Å². The second-order valence-electron chi connectivity index (χ2n) is 4.11. The zero-order valence-corrected chi connectivity index (χ0v) is 11.7. The number of nitrogens with one attached hydrogen (secondary N) is 2. The summed E-state index contributed by atoms with van der Waals surface area (Å²) < 4.78 is 15.9. The maximum atomic E-state index is 11.6. The van der Waals surface area contributed by atoms with Gasteiger partial charge in [0.15, 0.2) is 6.29 Å². The molecule has 0 spiro atoms. The van der Waals surface area contributed by atoms with Crippen LogP contribution in [0.3, 0.4) is 0 Å². The second-order valence-corrected chi connectivity index (χ2v) is 4.11. The fourth-order valence-electron chi connectivity index (χ4n) is 1.71. The van der Waals surface area contributed by atoms with Crippen LogP contribution in [-0.2, 0) is 14.2 Å². The van der Waals surface area contributed by atoms with E-state index in [0.717, 1.165) is 26.1 Å². The molecule has 1 aliphatic heterocycles. The smallest absolute Gasteiger partial charge is 0.318 e. The molecule has 1 saturated heterocycles. The van der Waals surface area contributed by atoms with Crippen molar-refractivity contribution in [3.8, 4) is 0 Å². The molecule has 0 aromatic heterocycles. The second kappa shape index (κ2) is 9.77. The number of carbonyl (C=O) groups is 1. The molecule has 1 fully saturated rings. The molecule has 0 saturated carbocycles. The van der Waals surface area contributed by atoms with Gasteiger partial charge in [0.1, 0.15) is 0 Å². The minimum atomic E-state index is -0.392. The van der Waals surface area contributed by atoms with Crippen LogP contribution < -0.4 is 10.6 Å². The zero-order chi connectivity index (χ0) is 13.9. The van der Waals surface area contributed by atoms with Crippen LogP contribution in [0.4, 0.5) is 4.79 Å². The topological polar surface area (TPSA) is 68.8 Å². The molecule has 0 aromatic carbocycles. The van der Waals surface area contributed by atoms with E-state index in [4.69, 9.17) is 14.2 Å². The van der Waals surface area contributed by atoms with Gasteiger partial charge in [-0.25, -0.2) is 4.79 Å². The van der Waals surface area contributed by atoms with Gasteiger partial charge in [0.2, 0.25) is 0 Å². The molecule has 110 valence electrons. The lowest BCUT2D eigenvalue weighted by atomic mass is 10.1. The number of ether oxygens (including phenoxy) is 3. The SMILES string of the molecule is CCOC(CNC(=O)NC=C1CCOCC1)OCC. The number of rotatable bonds is 7. The Kier molecular flexibility index (Phi) is 8.20. The Balaban J connectivity index is 2.22. The number of carbonyl (C=O) groups excluding carboxylic acids is 1. The number of hydrogen-bond acceptors (Lipinski definition) is 4. The molecule has 0 bridgehead atoms. The van der Waals surface area contributed by atoms with Crippen LogP contribution in [0.1, 0.15) is 26.7 Å². The lowest BCUT2D eigenvalue weighted by molar-refractivity contribution is -0.131. The molecule has 1 aliphatic rings. The van der Waals surface area contributed by atoms with Crippen molar-refractivity contribution in [3.05, 3.63) is 11.8 Å². The van der Waals surface area contributed by atoms with Gasteiger partial charge in [-0.15, -0.1) is 0 Å². The number of hydrogen-bond donors (Lipinski definition) is 2. The van der Waals surface area contributed by atoms with Gasteiger partial charge in [-0.05, 0) is 32.3 Å². The Morgan fingerprint density at radius 2 is 1.95 bits per heavy atom. The van der Waals surface area contributed by atoms with Crippen LogP contribution in [0.25, 0.3) is 0 Å². The van der Waals surface area contributed by atoms with E-state index in [-0.39, 0.29) is 6.03 Å². The number of urea groups is 1. The summed E-state index contributed by atoms with van der Waals surface area (Å²) in [5.74, 6) is 0. The van der Waals surface area contributed by atoms with Crippen molar-refractivity contribution in [1.29, 1.82) is 0 Å². The molecule has 19 heavy (non-hydrogen) atoms. The van der Waals surface area contributed by atoms with Crippen molar-refractivity contribution >= 4 is 6.03 Å².